The van der Waals surface area contributed by atoms with Gasteiger partial charge in [-0.05, 0) is 47.9 Å². The number of Topliss-reactive ketones (excluding diaryl/α,β-unsaturated/α-hetero) is 1. The number of hydrogen-bond acceptors (Lipinski definition) is 10. The van der Waals surface area contributed by atoms with Gasteiger partial charge in [-0.3, -0.25) is 19.1 Å². The van der Waals surface area contributed by atoms with E-state index in [1.165, 1.54) is 30.9 Å². The minimum absolute atomic E-state index is 0.0000916. The van der Waals surface area contributed by atoms with Crippen molar-refractivity contribution < 1.29 is 38.0 Å². The van der Waals surface area contributed by atoms with Crippen LogP contribution in [0.1, 0.15) is 42.7 Å². The molecule has 4 atom stereocenters. The van der Waals surface area contributed by atoms with Crippen LogP contribution < -0.4 is 20.7 Å². The molecule has 12 heteroatoms. The SMILES string of the molecule is COc1ccc(C(OCC2OC(n3ccc(=O)[nH]c3=O)C(OC)C2OC(=O)CCC(C)=O)(c2ccccc2)c2ccc(OC)cc2)cc1. The maximum absolute atomic E-state index is 13.0. The molecule has 3 aromatic carbocycles. The van der Waals surface area contributed by atoms with Crippen molar-refractivity contribution >= 4 is 11.8 Å². The van der Waals surface area contributed by atoms with E-state index in [0.717, 1.165) is 16.7 Å². The molecule has 48 heavy (non-hydrogen) atoms. The average molecular weight is 659 g/mol. The molecule has 0 spiro atoms. The van der Waals surface area contributed by atoms with Gasteiger partial charge in [0.25, 0.3) is 5.56 Å². The number of benzene rings is 3. The predicted octanol–water partition coefficient (Wildman–Crippen LogP) is 3.76. The van der Waals surface area contributed by atoms with Gasteiger partial charge in [-0.15, -0.1) is 0 Å². The molecule has 4 unspecified atom stereocenters. The van der Waals surface area contributed by atoms with E-state index in [-0.39, 0.29) is 25.2 Å². The Kier molecular flexibility index (Phi) is 10.9. The lowest BCUT2D eigenvalue weighted by molar-refractivity contribution is -0.160. The van der Waals surface area contributed by atoms with Crippen LogP contribution in [0.2, 0.25) is 0 Å². The van der Waals surface area contributed by atoms with Crippen molar-refractivity contribution in [2.24, 2.45) is 0 Å². The molecule has 0 saturated carbocycles. The van der Waals surface area contributed by atoms with Gasteiger partial charge in [0, 0.05) is 25.8 Å². The van der Waals surface area contributed by atoms with Crippen LogP contribution in [0, 0.1) is 0 Å². The number of H-pyrrole nitrogens is 1. The van der Waals surface area contributed by atoms with Crippen LogP contribution in [0.15, 0.2) is 101 Å². The third-order valence-corrected chi connectivity index (χ3v) is 8.27. The summed E-state index contributed by atoms with van der Waals surface area (Å²) in [7, 11) is 4.58. The van der Waals surface area contributed by atoms with Crippen LogP contribution in [-0.4, -0.2) is 67.6 Å². The number of ketones is 1. The number of hydrogen-bond donors (Lipinski definition) is 1. The number of carbonyl (C=O) groups is 2. The first-order valence-corrected chi connectivity index (χ1v) is 15.4. The molecule has 0 amide bonds. The van der Waals surface area contributed by atoms with Crippen molar-refractivity contribution in [3.8, 4) is 11.5 Å². The van der Waals surface area contributed by atoms with Crippen LogP contribution in [-0.2, 0) is 34.1 Å². The first kappa shape index (κ1) is 34.3. The van der Waals surface area contributed by atoms with Gasteiger partial charge < -0.3 is 33.2 Å². The second-order valence-electron chi connectivity index (χ2n) is 11.3. The van der Waals surface area contributed by atoms with Gasteiger partial charge in [-0.25, -0.2) is 4.79 Å². The molecule has 0 radical (unpaired) electrons. The number of aromatic nitrogens is 2. The first-order chi connectivity index (χ1) is 23.2. The molecule has 0 bridgehead atoms. The second-order valence-corrected chi connectivity index (χ2v) is 11.3. The Hall–Kier alpha value is -5.04. The predicted molar refractivity (Wildman–Crippen MR) is 174 cm³/mol. The lowest BCUT2D eigenvalue weighted by atomic mass is 9.80. The molecule has 2 heterocycles. The van der Waals surface area contributed by atoms with Crippen molar-refractivity contribution in [1.82, 2.24) is 9.55 Å². The Morgan fingerprint density at radius 2 is 1.38 bits per heavy atom. The maximum atomic E-state index is 13.0. The number of ether oxygens (including phenoxy) is 6. The maximum Gasteiger partial charge on any atom is 0.330 e. The number of nitrogens with one attached hydrogen (secondary N) is 1. The molecule has 4 aromatic rings. The van der Waals surface area contributed by atoms with E-state index in [0.29, 0.717) is 11.5 Å². The van der Waals surface area contributed by atoms with E-state index < -0.39 is 47.4 Å². The van der Waals surface area contributed by atoms with E-state index in [2.05, 4.69) is 4.98 Å². The molecule has 252 valence electrons. The van der Waals surface area contributed by atoms with Crippen molar-refractivity contribution in [1.29, 1.82) is 0 Å². The Balaban J connectivity index is 1.60. The van der Waals surface area contributed by atoms with E-state index in [1.807, 2.05) is 78.9 Å². The highest BCUT2D eigenvalue weighted by molar-refractivity contribution is 5.81. The fourth-order valence-electron chi connectivity index (χ4n) is 5.86. The third kappa shape index (κ3) is 7.25. The summed E-state index contributed by atoms with van der Waals surface area (Å²) in [4.78, 5) is 51.5. The summed E-state index contributed by atoms with van der Waals surface area (Å²) in [5, 5.41) is 0. The minimum Gasteiger partial charge on any atom is -0.497 e. The molecule has 1 aliphatic rings. The monoisotopic (exact) mass is 658 g/mol. The number of rotatable bonds is 14. The average Bonchev–Trinajstić information content (AvgIpc) is 3.44. The van der Waals surface area contributed by atoms with Gasteiger partial charge in [-0.1, -0.05) is 54.6 Å². The molecule has 0 aliphatic carbocycles. The molecule has 1 N–H and O–H groups in total. The van der Waals surface area contributed by atoms with Gasteiger partial charge in [0.15, 0.2) is 12.3 Å². The van der Waals surface area contributed by atoms with Gasteiger partial charge in [0.05, 0.1) is 27.2 Å². The fraction of sp³-hybridized carbons (Fsp3) is 0.333. The molecule has 5 rings (SSSR count). The van der Waals surface area contributed by atoms with Gasteiger partial charge >= 0.3 is 11.7 Å². The Bertz CT molecular complexity index is 1750. The van der Waals surface area contributed by atoms with E-state index in [4.69, 9.17) is 28.4 Å². The van der Waals surface area contributed by atoms with Crippen molar-refractivity contribution in [2.75, 3.05) is 27.9 Å². The zero-order chi connectivity index (χ0) is 34.3. The first-order valence-electron chi connectivity index (χ1n) is 15.4. The molecule has 1 saturated heterocycles. The van der Waals surface area contributed by atoms with Crippen molar-refractivity contribution in [2.45, 2.75) is 49.9 Å². The van der Waals surface area contributed by atoms with E-state index >= 15 is 0 Å². The van der Waals surface area contributed by atoms with Crippen molar-refractivity contribution in [3.05, 3.63) is 129 Å². The number of nitrogens with zero attached hydrogens (tertiary/aromatic N) is 1. The quantitative estimate of drug-likeness (QED) is 0.157. The number of carbonyl (C=O) groups excluding carboxylic acids is 2. The zero-order valence-corrected chi connectivity index (χ0v) is 27.1. The molecule has 1 aromatic heterocycles. The highest BCUT2D eigenvalue weighted by atomic mass is 16.6. The summed E-state index contributed by atoms with van der Waals surface area (Å²) in [6, 6.07) is 25.8. The Morgan fingerprint density at radius 1 is 0.792 bits per heavy atom. The standard InChI is InChI=1S/C36H38N2O10/c1-23(39)10-19-31(41)48-32-29(47-34(33(32)45-4)38-21-20-30(40)37-35(38)42)22-46-36(24-8-6-5-7-9-24,25-11-15-27(43-2)16-12-25)26-13-17-28(44-3)18-14-26/h5-9,11-18,20-21,29,32-34H,10,19,22H2,1-4H3,(H,37,40,42). The normalized spacial score (nSPS) is 19.1. The summed E-state index contributed by atoms with van der Waals surface area (Å²) in [5.41, 5.74) is -0.199. The molecule has 12 nitrogen and oxygen atoms in total. The second kappa shape index (κ2) is 15.2. The molecule has 1 fully saturated rings. The lowest BCUT2D eigenvalue weighted by Gasteiger charge is -2.37. The van der Waals surface area contributed by atoms with E-state index in [1.54, 1.807) is 14.2 Å². The summed E-state index contributed by atoms with van der Waals surface area (Å²) in [5.74, 6) is 0.510. The smallest absolute Gasteiger partial charge is 0.330 e. The lowest BCUT2D eigenvalue weighted by Crippen LogP contribution is -2.43. The molecular weight excluding hydrogens is 620 g/mol. The minimum atomic E-state index is -1.22. The van der Waals surface area contributed by atoms with Crippen LogP contribution in [0.4, 0.5) is 0 Å². The van der Waals surface area contributed by atoms with Crippen LogP contribution in [0.3, 0.4) is 0 Å². The summed E-state index contributed by atoms with van der Waals surface area (Å²) >= 11 is 0. The molecular formula is C36H38N2O10. The van der Waals surface area contributed by atoms with Crippen molar-refractivity contribution in [3.63, 3.8) is 0 Å². The Labute approximate surface area is 277 Å². The van der Waals surface area contributed by atoms with Crippen LogP contribution in [0.25, 0.3) is 0 Å². The van der Waals surface area contributed by atoms with Crippen LogP contribution >= 0.6 is 0 Å². The number of methoxy groups -OCH3 is 3. The zero-order valence-electron chi connectivity index (χ0n) is 27.1. The Morgan fingerprint density at radius 3 is 1.90 bits per heavy atom. The topological polar surface area (TPSA) is 144 Å². The van der Waals surface area contributed by atoms with E-state index in [9.17, 15) is 19.2 Å². The highest BCUT2D eigenvalue weighted by Crippen LogP contribution is 2.43. The molecule has 1 aliphatic heterocycles. The van der Waals surface area contributed by atoms with Crippen LogP contribution in [0.5, 0.6) is 11.5 Å². The van der Waals surface area contributed by atoms with Gasteiger partial charge in [0.2, 0.25) is 0 Å². The van der Waals surface area contributed by atoms with Gasteiger partial charge in [-0.2, -0.15) is 0 Å². The largest absolute Gasteiger partial charge is 0.497 e. The fourth-order valence-corrected chi connectivity index (χ4v) is 5.86. The number of aromatic amines is 1. The third-order valence-electron chi connectivity index (χ3n) is 8.27. The summed E-state index contributed by atoms with van der Waals surface area (Å²) in [6.45, 7) is 1.24. The summed E-state index contributed by atoms with van der Waals surface area (Å²) < 4.78 is 37.1. The summed E-state index contributed by atoms with van der Waals surface area (Å²) in [6.07, 6.45) is -2.94. The van der Waals surface area contributed by atoms with Gasteiger partial charge in [0.1, 0.15) is 35.1 Å². The number of esters is 1. The highest BCUT2D eigenvalue weighted by Gasteiger charge is 2.50.